The zero-order valence-corrected chi connectivity index (χ0v) is 17.1. The molecule has 1 aliphatic heterocycles. The SMILES string of the molecule is COCCNCC(=O)NCC1CCN(c2cc(Cl)ccc2C)C1.Cl.Cl. The van der Waals surface area contributed by atoms with Gasteiger partial charge < -0.3 is 20.3 Å². The highest BCUT2D eigenvalue weighted by Crippen LogP contribution is 2.29. The lowest BCUT2D eigenvalue weighted by Gasteiger charge is -2.21. The summed E-state index contributed by atoms with van der Waals surface area (Å²) < 4.78 is 4.93. The van der Waals surface area contributed by atoms with E-state index >= 15 is 0 Å². The Morgan fingerprint density at radius 3 is 2.88 bits per heavy atom. The van der Waals surface area contributed by atoms with E-state index in [1.165, 1.54) is 11.3 Å². The Bertz CT molecular complexity index is 532. The number of carbonyl (C=O) groups is 1. The highest BCUT2D eigenvalue weighted by molar-refractivity contribution is 6.30. The zero-order valence-electron chi connectivity index (χ0n) is 14.7. The first-order chi connectivity index (χ1) is 11.1. The number of nitrogens with one attached hydrogen (secondary N) is 2. The number of amides is 1. The average molecular weight is 413 g/mol. The molecule has 1 aromatic carbocycles. The van der Waals surface area contributed by atoms with Gasteiger partial charge in [0, 0.05) is 44.0 Å². The van der Waals surface area contributed by atoms with E-state index in [2.05, 4.69) is 28.5 Å². The molecule has 2 rings (SSSR count). The van der Waals surface area contributed by atoms with Crippen molar-refractivity contribution in [1.82, 2.24) is 10.6 Å². The number of ether oxygens (including phenoxy) is 1. The second-order valence-corrected chi connectivity index (χ2v) is 6.44. The first-order valence-electron chi connectivity index (χ1n) is 8.07. The number of benzene rings is 1. The molecule has 1 fully saturated rings. The van der Waals surface area contributed by atoms with Gasteiger partial charge in [-0.1, -0.05) is 17.7 Å². The third kappa shape index (κ3) is 8.01. The molecule has 5 nitrogen and oxygen atoms in total. The predicted octanol–water partition coefficient (Wildman–Crippen LogP) is 2.67. The van der Waals surface area contributed by atoms with Gasteiger partial charge in [-0.2, -0.15) is 0 Å². The van der Waals surface area contributed by atoms with Gasteiger partial charge in [-0.05, 0) is 37.0 Å². The van der Waals surface area contributed by atoms with Crippen molar-refractivity contribution in [3.05, 3.63) is 28.8 Å². The van der Waals surface area contributed by atoms with Crippen LogP contribution in [-0.2, 0) is 9.53 Å². The quantitative estimate of drug-likeness (QED) is 0.645. The van der Waals surface area contributed by atoms with E-state index in [0.29, 0.717) is 25.6 Å². The molecule has 1 atom stereocenters. The van der Waals surface area contributed by atoms with Crippen molar-refractivity contribution in [1.29, 1.82) is 0 Å². The van der Waals surface area contributed by atoms with Gasteiger partial charge in [-0.25, -0.2) is 0 Å². The smallest absolute Gasteiger partial charge is 0.233 e. The molecule has 25 heavy (non-hydrogen) atoms. The second kappa shape index (κ2) is 12.6. The first kappa shape index (κ1) is 24.3. The van der Waals surface area contributed by atoms with Crippen LogP contribution >= 0.6 is 36.4 Å². The minimum atomic E-state index is 0. The van der Waals surface area contributed by atoms with Crippen LogP contribution in [0.3, 0.4) is 0 Å². The van der Waals surface area contributed by atoms with Crippen LogP contribution < -0.4 is 15.5 Å². The Morgan fingerprint density at radius 2 is 2.16 bits per heavy atom. The van der Waals surface area contributed by atoms with Crippen LogP contribution in [0.5, 0.6) is 0 Å². The molecule has 1 unspecified atom stereocenters. The lowest BCUT2D eigenvalue weighted by atomic mass is 10.1. The van der Waals surface area contributed by atoms with Crippen molar-refractivity contribution in [2.24, 2.45) is 5.92 Å². The zero-order chi connectivity index (χ0) is 16.7. The van der Waals surface area contributed by atoms with Crippen LogP contribution in [0.15, 0.2) is 18.2 Å². The Kier molecular flexibility index (Phi) is 12.2. The molecular formula is C17H28Cl3N3O2. The average Bonchev–Trinajstić information content (AvgIpc) is 3.00. The lowest BCUT2D eigenvalue weighted by molar-refractivity contribution is -0.120. The molecule has 0 bridgehead atoms. The van der Waals surface area contributed by atoms with Crippen LogP contribution in [0, 0.1) is 12.8 Å². The number of hydrogen-bond donors (Lipinski definition) is 2. The Hall–Kier alpha value is -0.720. The van der Waals surface area contributed by atoms with Crippen LogP contribution in [0.2, 0.25) is 5.02 Å². The second-order valence-electron chi connectivity index (χ2n) is 6.01. The Morgan fingerprint density at radius 1 is 1.40 bits per heavy atom. The van der Waals surface area contributed by atoms with Crippen molar-refractivity contribution in [3.63, 3.8) is 0 Å². The van der Waals surface area contributed by atoms with Gasteiger partial charge in [0.15, 0.2) is 0 Å². The van der Waals surface area contributed by atoms with Crippen LogP contribution in [0.25, 0.3) is 0 Å². The standard InChI is InChI=1S/C17H26ClN3O2.2ClH/c1-13-3-4-15(18)9-16(13)21-7-5-14(12-21)10-20-17(22)11-19-6-8-23-2;;/h3-4,9,14,19H,5-8,10-12H2,1-2H3,(H,20,22);2*1H. The normalized spacial score (nSPS) is 16.1. The van der Waals surface area contributed by atoms with E-state index in [1.807, 2.05) is 12.1 Å². The van der Waals surface area contributed by atoms with Gasteiger partial charge in [0.1, 0.15) is 0 Å². The maximum atomic E-state index is 11.8. The van der Waals surface area contributed by atoms with Crippen LogP contribution in [-0.4, -0.2) is 52.3 Å². The maximum absolute atomic E-state index is 11.8. The van der Waals surface area contributed by atoms with E-state index < -0.39 is 0 Å². The lowest BCUT2D eigenvalue weighted by Crippen LogP contribution is -2.38. The molecule has 144 valence electrons. The molecule has 0 radical (unpaired) electrons. The molecule has 0 spiro atoms. The molecular weight excluding hydrogens is 385 g/mol. The maximum Gasteiger partial charge on any atom is 0.233 e. The number of aryl methyl sites for hydroxylation is 1. The number of rotatable bonds is 8. The highest BCUT2D eigenvalue weighted by Gasteiger charge is 2.24. The summed E-state index contributed by atoms with van der Waals surface area (Å²) in [5, 5.41) is 6.82. The van der Waals surface area contributed by atoms with Crippen molar-refractivity contribution in [2.75, 3.05) is 51.3 Å². The van der Waals surface area contributed by atoms with Gasteiger partial charge in [0.2, 0.25) is 5.91 Å². The summed E-state index contributed by atoms with van der Waals surface area (Å²) in [4.78, 5) is 14.1. The summed E-state index contributed by atoms with van der Waals surface area (Å²) in [6.07, 6.45) is 1.09. The van der Waals surface area contributed by atoms with Crippen molar-refractivity contribution >= 4 is 48.0 Å². The molecule has 1 saturated heterocycles. The van der Waals surface area contributed by atoms with E-state index in [1.54, 1.807) is 7.11 Å². The summed E-state index contributed by atoms with van der Waals surface area (Å²) in [5.41, 5.74) is 2.44. The molecule has 8 heteroatoms. The summed E-state index contributed by atoms with van der Waals surface area (Å²) in [7, 11) is 1.65. The van der Waals surface area contributed by atoms with Crippen LogP contribution in [0.4, 0.5) is 5.69 Å². The number of methoxy groups -OCH3 is 1. The molecule has 1 amide bonds. The van der Waals surface area contributed by atoms with Gasteiger partial charge in [0.25, 0.3) is 0 Å². The van der Waals surface area contributed by atoms with Crippen molar-refractivity contribution in [3.8, 4) is 0 Å². The summed E-state index contributed by atoms with van der Waals surface area (Å²) in [6.45, 7) is 6.44. The fourth-order valence-electron chi connectivity index (χ4n) is 2.84. The monoisotopic (exact) mass is 411 g/mol. The fraction of sp³-hybridized carbons (Fsp3) is 0.588. The summed E-state index contributed by atoms with van der Waals surface area (Å²) in [5.74, 6) is 0.523. The minimum absolute atomic E-state index is 0. The minimum Gasteiger partial charge on any atom is -0.383 e. The molecule has 1 aliphatic rings. The van der Waals surface area contributed by atoms with E-state index in [0.717, 1.165) is 31.1 Å². The van der Waals surface area contributed by atoms with E-state index in [4.69, 9.17) is 16.3 Å². The first-order valence-corrected chi connectivity index (χ1v) is 8.45. The summed E-state index contributed by atoms with van der Waals surface area (Å²) in [6, 6.07) is 6.00. The van der Waals surface area contributed by atoms with Gasteiger partial charge >= 0.3 is 0 Å². The van der Waals surface area contributed by atoms with Crippen molar-refractivity contribution in [2.45, 2.75) is 13.3 Å². The van der Waals surface area contributed by atoms with Gasteiger partial charge in [-0.15, -0.1) is 24.8 Å². The molecule has 1 aromatic rings. The number of anilines is 1. The van der Waals surface area contributed by atoms with E-state index in [-0.39, 0.29) is 30.7 Å². The third-order valence-electron chi connectivity index (χ3n) is 4.15. The Labute approximate surface area is 167 Å². The number of hydrogen-bond acceptors (Lipinski definition) is 4. The van der Waals surface area contributed by atoms with Gasteiger partial charge in [0.05, 0.1) is 13.2 Å². The molecule has 0 aliphatic carbocycles. The van der Waals surface area contributed by atoms with Gasteiger partial charge in [-0.3, -0.25) is 4.79 Å². The molecule has 2 N–H and O–H groups in total. The number of carbonyl (C=O) groups excluding carboxylic acids is 1. The summed E-state index contributed by atoms with van der Waals surface area (Å²) >= 11 is 6.11. The predicted molar refractivity (Wildman–Crippen MR) is 109 cm³/mol. The molecule has 1 heterocycles. The molecule has 0 aromatic heterocycles. The highest BCUT2D eigenvalue weighted by atomic mass is 35.5. The van der Waals surface area contributed by atoms with Crippen molar-refractivity contribution < 1.29 is 9.53 Å². The van der Waals surface area contributed by atoms with E-state index in [9.17, 15) is 4.79 Å². The number of nitrogens with zero attached hydrogens (tertiary/aromatic N) is 1. The Balaban J connectivity index is 0.00000288. The third-order valence-corrected chi connectivity index (χ3v) is 4.39. The molecule has 0 saturated carbocycles. The topological polar surface area (TPSA) is 53.6 Å². The fourth-order valence-corrected chi connectivity index (χ4v) is 3.00. The van der Waals surface area contributed by atoms with Crippen LogP contribution in [0.1, 0.15) is 12.0 Å². The largest absolute Gasteiger partial charge is 0.383 e. The number of halogens is 3.